The second-order valence-corrected chi connectivity index (χ2v) is 7.63. The minimum Gasteiger partial charge on any atom is -0.497 e. The maximum absolute atomic E-state index is 12.8. The van der Waals surface area contributed by atoms with Gasteiger partial charge < -0.3 is 20.3 Å². The molecule has 8 nitrogen and oxygen atoms in total. The van der Waals surface area contributed by atoms with Crippen LogP contribution in [0, 0.1) is 18.3 Å². The van der Waals surface area contributed by atoms with Gasteiger partial charge in [-0.05, 0) is 42.8 Å². The highest BCUT2D eigenvalue weighted by Gasteiger charge is 2.23. The SMILES string of the molecule is COc1ccc(-c2c(C)sc(NC(=O)c3cc(C(=O)O)ccc3C(=O)O)c2C#N)cc1. The number of nitrogens with one attached hydrogen (secondary N) is 1. The van der Waals surface area contributed by atoms with Gasteiger partial charge in [0.15, 0.2) is 0 Å². The number of ether oxygens (including phenoxy) is 1. The molecule has 1 aromatic heterocycles. The number of nitriles is 1. The van der Waals surface area contributed by atoms with Crippen LogP contribution >= 0.6 is 11.3 Å². The van der Waals surface area contributed by atoms with Gasteiger partial charge in [0.1, 0.15) is 16.8 Å². The molecule has 2 aromatic carbocycles. The van der Waals surface area contributed by atoms with E-state index in [2.05, 4.69) is 11.4 Å². The minimum atomic E-state index is -1.37. The van der Waals surface area contributed by atoms with Gasteiger partial charge in [-0.15, -0.1) is 11.3 Å². The number of carboxylic acids is 2. The van der Waals surface area contributed by atoms with Crippen LogP contribution in [-0.2, 0) is 0 Å². The Labute approximate surface area is 181 Å². The molecular weight excluding hydrogens is 420 g/mol. The second-order valence-electron chi connectivity index (χ2n) is 6.40. The summed E-state index contributed by atoms with van der Waals surface area (Å²) >= 11 is 1.17. The molecule has 156 valence electrons. The second kappa shape index (κ2) is 8.69. The van der Waals surface area contributed by atoms with Crippen LogP contribution in [0.3, 0.4) is 0 Å². The van der Waals surface area contributed by atoms with E-state index in [1.54, 1.807) is 38.3 Å². The van der Waals surface area contributed by atoms with E-state index in [4.69, 9.17) is 9.84 Å². The summed E-state index contributed by atoms with van der Waals surface area (Å²) in [5.74, 6) is -2.83. The summed E-state index contributed by atoms with van der Waals surface area (Å²) in [5, 5.41) is 31.1. The van der Waals surface area contributed by atoms with E-state index in [0.717, 1.165) is 28.6 Å². The molecule has 0 fully saturated rings. The molecule has 9 heteroatoms. The van der Waals surface area contributed by atoms with Crippen molar-refractivity contribution >= 4 is 34.2 Å². The molecule has 31 heavy (non-hydrogen) atoms. The molecule has 0 saturated heterocycles. The molecule has 0 radical (unpaired) electrons. The number of benzene rings is 2. The number of methoxy groups -OCH3 is 1. The smallest absolute Gasteiger partial charge is 0.336 e. The summed E-state index contributed by atoms with van der Waals surface area (Å²) in [7, 11) is 1.55. The molecule has 0 unspecified atom stereocenters. The Bertz CT molecular complexity index is 1240. The Balaban J connectivity index is 2.03. The van der Waals surface area contributed by atoms with Crippen molar-refractivity contribution in [3.05, 3.63) is 69.6 Å². The van der Waals surface area contributed by atoms with E-state index in [1.807, 2.05) is 0 Å². The molecule has 0 aliphatic heterocycles. The van der Waals surface area contributed by atoms with Crippen LogP contribution in [0.4, 0.5) is 5.00 Å². The maximum atomic E-state index is 12.8. The van der Waals surface area contributed by atoms with Crippen molar-refractivity contribution in [1.82, 2.24) is 0 Å². The van der Waals surface area contributed by atoms with Crippen molar-refractivity contribution in [3.8, 4) is 22.9 Å². The van der Waals surface area contributed by atoms with Crippen molar-refractivity contribution < 1.29 is 29.3 Å². The van der Waals surface area contributed by atoms with Gasteiger partial charge in [-0.2, -0.15) is 5.26 Å². The zero-order valence-electron chi connectivity index (χ0n) is 16.4. The summed E-state index contributed by atoms with van der Waals surface area (Å²) in [6.45, 7) is 1.80. The lowest BCUT2D eigenvalue weighted by molar-refractivity contribution is 0.0679. The summed E-state index contributed by atoms with van der Waals surface area (Å²) in [4.78, 5) is 36.3. The number of carbonyl (C=O) groups is 3. The van der Waals surface area contributed by atoms with E-state index < -0.39 is 17.8 Å². The largest absolute Gasteiger partial charge is 0.497 e. The summed E-state index contributed by atoms with van der Waals surface area (Å²) in [6, 6.07) is 12.3. The third-order valence-corrected chi connectivity index (χ3v) is 5.56. The number of amides is 1. The molecule has 0 saturated carbocycles. The Kier molecular flexibility index (Phi) is 6.04. The Morgan fingerprint density at radius 1 is 1.03 bits per heavy atom. The fourth-order valence-electron chi connectivity index (χ4n) is 3.07. The third-order valence-electron chi connectivity index (χ3n) is 4.54. The number of anilines is 1. The van der Waals surface area contributed by atoms with Crippen LogP contribution in [0.2, 0.25) is 0 Å². The quantitative estimate of drug-likeness (QED) is 0.525. The summed E-state index contributed by atoms with van der Waals surface area (Å²) in [6.07, 6.45) is 0. The van der Waals surface area contributed by atoms with Crippen molar-refractivity contribution in [2.45, 2.75) is 6.92 Å². The third kappa shape index (κ3) is 4.24. The van der Waals surface area contributed by atoms with Crippen LogP contribution in [-0.4, -0.2) is 35.2 Å². The van der Waals surface area contributed by atoms with Crippen molar-refractivity contribution in [2.75, 3.05) is 12.4 Å². The Morgan fingerprint density at radius 2 is 1.71 bits per heavy atom. The van der Waals surface area contributed by atoms with Gasteiger partial charge in [-0.3, -0.25) is 4.79 Å². The molecule has 1 amide bonds. The number of hydrogen-bond acceptors (Lipinski definition) is 6. The summed E-state index contributed by atoms with van der Waals surface area (Å²) < 4.78 is 5.15. The highest BCUT2D eigenvalue weighted by Crippen LogP contribution is 2.40. The van der Waals surface area contributed by atoms with Gasteiger partial charge in [0.05, 0.1) is 29.4 Å². The van der Waals surface area contributed by atoms with E-state index in [-0.39, 0.29) is 27.3 Å². The van der Waals surface area contributed by atoms with Crippen molar-refractivity contribution in [2.24, 2.45) is 0 Å². The van der Waals surface area contributed by atoms with E-state index in [0.29, 0.717) is 11.3 Å². The van der Waals surface area contributed by atoms with Crippen LogP contribution in [0.25, 0.3) is 11.1 Å². The first-order valence-electron chi connectivity index (χ1n) is 8.86. The number of carbonyl (C=O) groups excluding carboxylic acids is 1. The lowest BCUT2D eigenvalue weighted by Crippen LogP contribution is -2.17. The molecule has 0 atom stereocenters. The first-order chi connectivity index (χ1) is 14.8. The lowest BCUT2D eigenvalue weighted by atomic mass is 10.0. The van der Waals surface area contributed by atoms with Crippen molar-refractivity contribution in [1.29, 1.82) is 5.26 Å². The molecule has 3 rings (SSSR count). The molecule has 3 aromatic rings. The highest BCUT2D eigenvalue weighted by molar-refractivity contribution is 7.17. The highest BCUT2D eigenvalue weighted by atomic mass is 32.1. The molecule has 1 heterocycles. The summed E-state index contributed by atoms with van der Waals surface area (Å²) in [5.41, 5.74) is 0.746. The molecule has 0 aliphatic carbocycles. The van der Waals surface area contributed by atoms with Gasteiger partial charge in [-0.1, -0.05) is 12.1 Å². The van der Waals surface area contributed by atoms with Crippen LogP contribution < -0.4 is 10.1 Å². The topological polar surface area (TPSA) is 137 Å². The number of carboxylic acid groups (broad SMARTS) is 2. The van der Waals surface area contributed by atoms with Crippen LogP contribution in [0.5, 0.6) is 5.75 Å². The van der Waals surface area contributed by atoms with Gasteiger partial charge >= 0.3 is 11.9 Å². The number of aryl methyl sites for hydroxylation is 1. The average Bonchev–Trinajstić information content (AvgIpc) is 3.07. The normalized spacial score (nSPS) is 10.2. The Morgan fingerprint density at radius 3 is 2.26 bits per heavy atom. The van der Waals surface area contributed by atoms with Gasteiger partial charge in [-0.25, -0.2) is 9.59 Å². The van der Waals surface area contributed by atoms with Crippen molar-refractivity contribution in [3.63, 3.8) is 0 Å². The van der Waals surface area contributed by atoms with Gasteiger partial charge in [0, 0.05) is 10.4 Å². The standard InChI is InChI=1S/C22H16N2O6S/c1-11-18(12-3-6-14(30-2)7-4-12)17(10-23)20(31-11)24-19(25)16-9-13(21(26)27)5-8-15(16)22(28)29/h3-9H,1-2H3,(H,24,25)(H,26,27)(H,28,29). The molecular formula is C22H16N2O6S. The fourth-order valence-corrected chi connectivity index (χ4v) is 4.09. The molecule has 0 aliphatic rings. The number of rotatable bonds is 6. The number of hydrogen-bond donors (Lipinski definition) is 3. The monoisotopic (exact) mass is 436 g/mol. The van der Waals surface area contributed by atoms with Crippen LogP contribution in [0.15, 0.2) is 42.5 Å². The maximum Gasteiger partial charge on any atom is 0.336 e. The lowest BCUT2D eigenvalue weighted by Gasteiger charge is -2.08. The molecule has 0 bridgehead atoms. The fraction of sp³-hybridized carbons (Fsp3) is 0.0909. The minimum absolute atomic E-state index is 0.225. The zero-order valence-corrected chi connectivity index (χ0v) is 17.2. The van der Waals surface area contributed by atoms with E-state index >= 15 is 0 Å². The predicted molar refractivity (Wildman–Crippen MR) is 114 cm³/mol. The Hall–Kier alpha value is -4.16. The number of aromatic carboxylic acids is 2. The van der Waals surface area contributed by atoms with E-state index in [1.165, 1.54) is 11.3 Å². The first kappa shape index (κ1) is 21.5. The number of thiophene rings is 1. The van der Waals surface area contributed by atoms with E-state index in [9.17, 15) is 24.8 Å². The zero-order chi connectivity index (χ0) is 22.7. The van der Waals surface area contributed by atoms with Gasteiger partial charge in [0.25, 0.3) is 5.91 Å². The number of nitrogens with zero attached hydrogens (tertiary/aromatic N) is 1. The van der Waals surface area contributed by atoms with Crippen LogP contribution in [0.1, 0.15) is 41.5 Å². The van der Waals surface area contributed by atoms with Gasteiger partial charge in [0.2, 0.25) is 0 Å². The molecule has 0 spiro atoms. The predicted octanol–water partition coefficient (Wildman–Crippen LogP) is 4.25. The molecule has 3 N–H and O–H groups in total. The first-order valence-corrected chi connectivity index (χ1v) is 9.68. The average molecular weight is 436 g/mol.